The SMILES string of the molecule is CNc1oc(-c2ccc(C)cc2)nc1S(=O)(=O)c1ccccc1. The smallest absolute Gasteiger partial charge is 0.233 e. The second kappa shape index (κ2) is 5.89. The Kier molecular flexibility index (Phi) is 3.92. The van der Waals surface area contributed by atoms with Crippen molar-refractivity contribution in [2.45, 2.75) is 16.8 Å². The van der Waals surface area contributed by atoms with Gasteiger partial charge in [-0.2, -0.15) is 4.98 Å². The standard InChI is InChI=1S/C17H16N2O3S/c1-12-8-10-13(11-9-12)15-19-17(16(18-2)22-15)23(20,21)14-6-4-3-5-7-14/h3-11,18H,1-2H3. The number of aromatic nitrogens is 1. The number of sulfone groups is 1. The van der Waals surface area contributed by atoms with E-state index in [1.165, 1.54) is 12.1 Å². The summed E-state index contributed by atoms with van der Waals surface area (Å²) in [4.78, 5) is 4.39. The third kappa shape index (κ3) is 2.85. The van der Waals surface area contributed by atoms with Gasteiger partial charge in [0.05, 0.1) is 4.90 Å². The number of nitrogens with one attached hydrogen (secondary N) is 1. The van der Waals surface area contributed by atoms with Crippen LogP contribution in [0.4, 0.5) is 5.88 Å². The Labute approximate surface area is 134 Å². The lowest BCUT2D eigenvalue weighted by molar-refractivity contribution is 0.580. The number of aryl methyl sites for hydroxylation is 1. The molecule has 0 spiro atoms. The minimum absolute atomic E-state index is 0.109. The van der Waals surface area contributed by atoms with Crippen molar-refractivity contribution in [3.8, 4) is 11.5 Å². The average molecular weight is 328 g/mol. The summed E-state index contributed by atoms with van der Waals surface area (Å²) >= 11 is 0. The van der Waals surface area contributed by atoms with Crippen LogP contribution in [0.25, 0.3) is 11.5 Å². The van der Waals surface area contributed by atoms with Gasteiger partial charge in [0.25, 0.3) is 0 Å². The highest BCUT2D eigenvalue weighted by Gasteiger charge is 2.27. The maximum absolute atomic E-state index is 12.7. The van der Waals surface area contributed by atoms with Crippen molar-refractivity contribution in [2.75, 3.05) is 12.4 Å². The molecule has 3 aromatic rings. The van der Waals surface area contributed by atoms with Crippen molar-refractivity contribution in [2.24, 2.45) is 0 Å². The van der Waals surface area contributed by atoms with Crippen LogP contribution >= 0.6 is 0 Å². The molecule has 0 aliphatic rings. The second-order valence-corrected chi connectivity index (χ2v) is 6.95. The second-order valence-electron chi connectivity index (χ2n) is 5.09. The molecule has 2 aromatic carbocycles. The van der Waals surface area contributed by atoms with Gasteiger partial charge in [0, 0.05) is 12.6 Å². The van der Waals surface area contributed by atoms with E-state index in [0.717, 1.165) is 11.1 Å². The third-order valence-corrected chi connectivity index (χ3v) is 5.11. The number of anilines is 1. The van der Waals surface area contributed by atoms with Crippen LogP contribution in [0.3, 0.4) is 0 Å². The summed E-state index contributed by atoms with van der Waals surface area (Å²) < 4.78 is 31.1. The molecule has 23 heavy (non-hydrogen) atoms. The van der Waals surface area contributed by atoms with Crippen LogP contribution in [0.5, 0.6) is 0 Å². The number of hydrogen-bond donors (Lipinski definition) is 1. The molecule has 0 saturated carbocycles. The van der Waals surface area contributed by atoms with E-state index in [4.69, 9.17) is 4.42 Å². The molecule has 0 bridgehead atoms. The van der Waals surface area contributed by atoms with E-state index >= 15 is 0 Å². The Balaban J connectivity index is 2.12. The van der Waals surface area contributed by atoms with Crippen LogP contribution < -0.4 is 5.32 Å². The summed E-state index contributed by atoms with van der Waals surface area (Å²) in [5.41, 5.74) is 1.83. The van der Waals surface area contributed by atoms with E-state index in [9.17, 15) is 8.42 Å². The van der Waals surface area contributed by atoms with Crippen LogP contribution in [0.1, 0.15) is 5.56 Å². The monoisotopic (exact) mass is 328 g/mol. The van der Waals surface area contributed by atoms with Gasteiger partial charge in [0.2, 0.25) is 26.6 Å². The zero-order chi connectivity index (χ0) is 16.4. The quantitative estimate of drug-likeness (QED) is 0.793. The first-order valence-corrected chi connectivity index (χ1v) is 8.56. The normalized spacial score (nSPS) is 11.4. The van der Waals surface area contributed by atoms with Crippen LogP contribution in [0.15, 0.2) is 68.9 Å². The minimum atomic E-state index is -3.74. The van der Waals surface area contributed by atoms with E-state index < -0.39 is 9.84 Å². The molecule has 5 nitrogen and oxygen atoms in total. The Morgan fingerprint density at radius 2 is 1.65 bits per heavy atom. The Hall–Kier alpha value is -2.60. The molecular formula is C17H16N2O3S. The van der Waals surface area contributed by atoms with Crippen molar-refractivity contribution in [3.05, 3.63) is 60.2 Å². The number of benzene rings is 2. The van der Waals surface area contributed by atoms with Gasteiger partial charge >= 0.3 is 0 Å². The van der Waals surface area contributed by atoms with Gasteiger partial charge in [-0.05, 0) is 31.2 Å². The number of hydrogen-bond acceptors (Lipinski definition) is 5. The van der Waals surface area contributed by atoms with Gasteiger partial charge in [0.15, 0.2) is 0 Å². The van der Waals surface area contributed by atoms with Crippen molar-refractivity contribution >= 4 is 15.7 Å². The molecule has 0 amide bonds. The number of rotatable bonds is 4. The lowest BCUT2D eigenvalue weighted by Crippen LogP contribution is -2.05. The van der Waals surface area contributed by atoms with Gasteiger partial charge in [-0.1, -0.05) is 35.9 Å². The topological polar surface area (TPSA) is 72.2 Å². The highest BCUT2D eigenvalue weighted by molar-refractivity contribution is 7.91. The Morgan fingerprint density at radius 1 is 1.00 bits per heavy atom. The molecule has 118 valence electrons. The molecule has 0 aliphatic heterocycles. The molecule has 0 aliphatic carbocycles. The fourth-order valence-electron chi connectivity index (χ4n) is 2.18. The highest BCUT2D eigenvalue weighted by Crippen LogP contribution is 2.31. The molecular weight excluding hydrogens is 312 g/mol. The summed E-state index contributed by atoms with van der Waals surface area (Å²) in [7, 11) is -2.14. The maximum Gasteiger partial charge on any atom is 0.233 e. The van der Waals surface area contributed by atoms with Crippen molar-refractivity contribution < 1.29 is 12.8 Å². The predicted molar refractivity (Wildman–Crippen MR) is 88.1 cm³/mol. The molecule has 3 rings (SSSR count). The van der Waals surface area contributed by atoms with Gasteiger partial charge in [-0.25, -0.2) is 8.42 Å². The molecule has 0 radical (unpaired) electrons. The zero-order valence-electron chi connectivity index (χ0n) is 12.8. The summed E-state index contributed by atoms with van der Waals surface area (Å²) in [5.74, 6) is 0.397. The molecule has 1 heterocycles. The Morgan fingerprint density at radius 3 is 2.26 bits per heavy atom. The van der Waals surface area contributed by atoms with Crippen LogP contribution in [0.2, 0.25) is 0 Å². The number of oxazole rings is 1. The van der Waals surface area contributed by atoms with Gasteiger partial charge in [0.1, 0.15) is 0 Å². The van der Waals surface area contributed by atoms with E-state index in [2.05, 4.69) is 10.3 Å². The summed E-state index contributed by atoms with van der Waals surface area (Å²) in [6.45, 7) is 1.98. The van der Waals surface area contributed by atoms with Crippen LogP contribution in [0, 0.1) is 6.92 Å². The van der Waals surface area contributed by atoms with E-state index in [-0.39, 0.29) is 21.7 Å². The van der Waals surface area contributed by atoms with Crippen molar-refractivity contribution in [1.82, 2.24) is 4.98 Å². The van der Waals surface area contributed by atoms with Crippen LogP contribution in [-0.4, -0.2) is 20.4 Å². The van der Waals surface area contributed by atoms with Crippen molar-refractivity contribution in [1.29, 1.82) is 0 Å². The van der Waals surface area contributed by atoms with Gasteiger partial charge < -0.3 is 9.73 Å². The molecule has 6 heteroatoms. The molecule has 0 unspecified atom stereocenters. The summed E-state index contributed by atoms with van der Waals surface area (Å²) in [5, 5.41) is 2.66. The number of nitrogens with zero attached hydrogens (tertiary/aromatic N) is 1. The predicted octanol–water partition coefficient (Wildman–Crippen LogP) is 3.52. The maximum atomic E-state index is 12.7. The largest absolute Gasteiger partial charge is 0.419 e. The summed E-state index contributed by atoms with van der Waals surface area (Å²) in [6, 6.07) is 15.7. The van der Waals surface area contributed by atoms with E-state index in [0.29, 0.717) is 0 Å². The first-order valence-electron chi connectivity index (χ1n) is 7.08. The fourth-order valence-corrected chi connectivity index (χ4v) is 3.51. The minimum Gasteiger partial charge on any atom is -0.419 e. The molecule has 0 fully saturated rings. The van der Waals surface area contributed by atoms with Gasteiger partial charge in [-0.15, -0.1) is 0 Å². The Bertz CT molecular complexity index is 914. The molecule has 1 N–H and O–H groups in total. The first-order chi connectivity index (χ1) is 11.0. The van der Waals surface area contributed by atoms with Crippen LogP contribution in [-0.2, 0) is 9.84 Å². The zero-order valence-corrected chi connectivity index (χ0v) is 13.6. The lowest BCUT2D eigenvalue weighted by atomic mass is 10.1. The van der Waals surface area contributed by atoms with E-state index in [1.54, 1.807) is 25.2 Å². The van der Waals surface area contributed by atoms with E-state index in [1.807, 2.05) is 31.2 Å². The highest BCUT2D eigenvalue weighted by atomic mass is 32.2. The molecule has 1 aromatic heterocycles. The summed E-state index contributed by atoms with van der Waals surface area (Å²) in [6.07, 6.45) is 0. The van der Waals surface area contributed by atoms with Crippen molar-refractivity contribution in [3.63, 3.8) is 0 Å². The average Bonchev–Trinajstić information content (AvgIpc) is 3.01. The first kappa shape index (κ1) is 15.3. The third-order valence-electron chi connectivity index (χ3n) is 3.43. The fraction of sp³-hybridized carbons (Fsp3) is 0.118. The molecule has 0 saturated heterocycles. The molecule has 0 atom stereocenters. The lowest BCUT2D eigenvalue weighted by Gasteiger charge is -2.02. The van der Waals surface area contributed by atoms with Gasteiger partial charge in [-0.3, -0.25) is 0 Å².